The number of amides is 2. The number of nitrogens with zero attached hydrogens (tertiary/aromatic N) is 4. The van der Waals surface area contributed by atoms with E-state index in [1.165, 1.54) is 0 Å². The minimum absolute atomic E-state index is 0.0598. The molecule has 168 valence electrons. The Morgan fingerprint density at radius 1 is 1.09 bits per heavy atom. The van der Waals surface area contributed by atoms with Gasteiger partial charge in [0, 0.05) is 35.8 Å². The third-order valence-electron chi connectivity index (χ3n) is 5.13. The third kappa shape index (κ3) is 4.90. The normalized spacial score (nSPS) is 14.4. The van der Waals surface area contributed by atoms with Gasteiger partial charge in [0.1, 0.15) is 0 Å². The van der Waals surface area contributed by atoms with Gasteiger partial charge in [-0.3, -0.25) is 4.90 Å². The van der Waals surface area contributed by atoms with Crippen molar-refractivity contribution in [3.05, 3.63) is 65.5 Å². The summed E-state index contributed by atoms with van der Waals surface area (Å²) in [6, 6.07) is 14.3. The van der Waals surface area contributed by atoms with Crippen LogP contribution in [0.4, 0.5) is 23.7 Å². The molecule has 32 heavy (non-hydrogen) atoms. The molecule has 0 unspecified atom stereocenters. The van der Waals surface area contributed by atoms with Gasteiger partial charge in [-0.25, -0.2) is 4.79 Å². The third-order valence-corrected chi connectivity index (χ3v) is 6.07. The fraction of sp³-hybridized carbons (Fsp3) is 0.318. The maximum absolute atomic E-state index is 13.3. The van der Waals surface area contributed by atoms with Crippen LogP contribution in [-0.2, 0) is 12.7 Å². The summed E-state index contributed by atoms with van der Waals surface area (Å²) in [6.07, 6.45) is -4.69. The van der Waals surface area contributed by atoms with Crippen LogP contribution < -0.4 is 4.90 Å². The van der Waals surface area contributed by atoms with Crippen LogP contribution in [0.2, 0.25) is 0 Å². The molecule has 2 heterocycles. The van der Waals surface area contributed by atoms with Crippen molar-refractivity contribution in [1.82, 2.24) is 15.1 Å². The Kier molecular flexibility index (Phi) is 6.40. The van der Waals surface area contributed by atoms with Gasteiger partial charge in [-0.2, -0.15) is 24.9 Å². The Labute approximate surface area is 187 Å². The number of aryl methyl sites for hydroxylation is 1. The highest BCUT2D eigenvalue weighted by Crippen LogP contribution is 2.31. The van der Waals surface area contributed by atoms with Crippen LogP contribution >= 0.6 is 11.8 Å². The Morgan fingerprint density at radius 3 is 2.41 bits per heavy atom. The van der Waals surface area contributed by atoms with Crippen LogP contribution in [0.25, 0.3) is 11.5 Å². The number of para-hydroxylation sites is 1. The summed E-state index contributed by atoms with van der Waals surface area (Å²) in [5.74, 6) is 0.229. The molecule has 0 N–H and O–H groups in total. The van der Waals surface area contributed by atoms with Gasteiger partial charge in [0.25, 0.3) is 0 Å². The van der Waals surface area contributed by atoms with Crippen LogP contribution in [0.1, 0.15) is 17.0 Å². The van der Waals surface area contributed by atoms with Gasteiger partial charge in [0.15, 0.2) is 0 Å². The van der Waals surface area contributed by atoms with E-state index >= 15 is 0 Å². The van der Waals surface area contributed by atoms with E-state index in [-0.39, 0.29) is 11.9 Å². The van der Waals surface area contributed by atoms with E-state index in [1.54, 1.807) is 29.2 Å². The van der Waals surface area contributed by atoms with Gasteiger partial charge in [-0.15, -0.1) is 10.2 Å². The molecule has 0 saturated carbocycles. The quantitative estimate of drug-likeness (QED) is 0.531. The molecular weight excluding hydrogens is 441 g/mol. The standard InChI is InChI=1S/C22H21F3N4O2S/c1-15-4-2-3-5-18(15)29(21(30)28-10-12-32-13-11-28)14-16-6-8-17(9-7-16)19-26-27-20(31-19)22(23,24)25/h2-9H,10-14H2,1H3. The first-order valence-corrected chi connectivity index (χ1v) is 11.2. The van der Waals surface area contributed by atoms with Crippen LogP contribution in [0.15, 0.2) is 52.9 Å². The van der Waals surface area contributed by atoms with E-state index in [0.717, 1.165) is 28.3 Å². The molecule has 1 aliphatic rings. The van der Waals surface area contributed by atoms with Crippen LogP contribution in [0.3, 0.4) is 0 Å². The summed E-state index contributed by atoms with van der Waals surface area (Å²) in [7, 11) is 0. The number of benzene rings is 2. The zero-order valence-corrected chi connectivity index (χ0v) is 18.1. The predicted molar refractivity (Wildman–Crippen MR) is 116 cm³/mol. The first kappa shape index (κ1) is 22.2. The molecule has 0 aliphatic carbocycles. The smallest absolute Gasteiger partial charge is 0.413 e. The molecule has 0 atom stereocenters. The predicted octanol–water partition coefficient (Wildman–Crippen LogP) is 5.24. The van der Waals surface area contributed by atoms with Crippen molar-refractivity contribution in [1.29, 1.82) is 0 Å². The fourth-order valence-electron chi connectivity index (χ4n) is 3.44. The maximum atomic E-state index is 13.3. The maximum Gasteiger partial charge on any atom is 0.470 e. The zero-order valence-electron chi connectivity index (χ0n) is 17.3. The van der Waals surface area contributed by atoms with Crippen molar-refractivity contribution in [3.63, 3.8) is 0 Å². The number of carbonyl (C=O) groups excluding carboxylic acids is 1. The van der Waals surface area contributed by atoms with Crippen LogP contribution in [-0.4, -0.2) is 45.7 Å². The van der Waals surface area contributed by atoms with Gasteiger partial charge in [-0.1, -0.05) is 30.3 Å². The van der Waals surface area contributed by atoms with Crippen molar-refractivity contribution < 1.29 is 22.4 Å². The second kappa shape index (κ2) is 9.23. The van der Waals surface area contributed by atoms with E-state index in [9.17, 15) is 18.0 Å². The van der Waals surface area contributed by atoms with E-state index in [0.29, 0.717) is 25.2 Å². The van der Waals surface area contributed by atoms with E-state index in [4.69, 9.17) is 4.42 Å². The Bertz CT molecular complexity index is 1080. The molecule has 0 bridgehead atoms. The summed E-state index contributed by atoms with van der Waals surface area (Å²) in [5.41, 5.74) is 3.01. The monoisotopic (exact) mass is 462 g/mol. The van der Waals surface area contributed by atoms with Crippen molar-refractivity contribution in [2.45, 2.75) is 19.6 Å². The molecule has 4 rings (SSSR count). The molecule has 10 heteroatoms. The molecule has 0 spiro atoms. The largest absolute Gasteiger partial charge is 0.470 e. The molecule has 2 amide bonds. The number of hydrogen-bond acceptors (Lipinski definition) is 5. The van der Waals surface area contributed by atoms with Crippen molar-refractivity contribution in [2.75, 3.05) is 29.5 Å². The lowest BCUT2D eigenvalue weighted by atomic mass is 10.1. The minimum Gasteiger partial charge on any atom is -0.413 e. The van der Waals surface area contributed by atoms with Gasteiger partial charge in [0.2, 0.25) is 5.89 Å². The second-order valence-corrected chi connectivity index (χ2v) is 8.59. The summed E-state index contributed by atoms with van der Waals surface area (Å²) < 4.78 is 42.9. The lowest BCUT2D eigenvalue weighted by molar-refractivity contribution is -0.156. The number of thioether (sulfide) groups is 1. The lowest BCUT2D eigenvalue weighted by Gasteiger charge is -2.33. The molecule has 1 aromatic heterocycles. The highest BCUT2D eigenvalue weighted by atomic mass is 32.2. The molecule has 2 aromatic carbocycles. The van der Waals surface area contributed by atoms with Crippen molar-refractivity contribution in [2.24, 2.45) is 0 Å². The Hall–Kier alpha value is -3.01. The number of urea groups is 1. The van der Waals surface area contributed by atoms with E-state index < -0.39 is 12.1 Å². The van der Waals surface area contributed by atoms with Gasteiger partial charge >= 0.3 is 18.1 Å². The molecule has 1 fully saturated rings. The van der Waals surface area contributed by atoms with Crippen molar-refractivity contribution in [3.8, 4) is 11.5 Å². The fourth-order valence-corrected chi connectivity index (χ4v) is 4.34. The average molecular weight is 462 g/mol. The number of anilines is 1. The van der Waals surface area contributed by atoms with E-state index in [2.05, 4.69) is 10.2 Å². The van der Waals surface area contributed by atoms with Gasteiger partial charge in [0.05, 0.1) is 6.54 Å². The minimum atomic E-state index is -4.69. The number of hydrogen-bond donors (Lipinski definition) is 0. The number of aromatic nitrogens is 2. The Balaban J connectivity index is 1.57. The Morgan fingerprint density at radius 2 is 1.78 bits per heavy atom. The lowest BCUT2D eigenvalue weighted by Crippen LogP contribution is -2.46. The summed E-state index contributed by atoms with van der Waals surface area (Å²) in [4.78, 5) is 16.9. The molecule has 3 aromatic rings. The summed E-state index contributed by atoms with van der Waals surface area (Å²) in [6.45, 7) is 3.68. The molecule has 1 saturated heterocycles. The molecule has 6 nitrogen and oxygen atoms in total. The summed E-state index contributed by atoms with van der Waals surface area (Å²) >= 11 is 1.83. The van der Waals surface area contributed by atoms with Crippen LogP contribution in [0.5, 0.6) is 0 Å². The van der Waals surface area contributed by atoms with Crippen molar-refractivity contribution >= 4 is 23.5 Å². The number of rotatable bonds is 4. The highest BCUT2D eigenvalue weighted by Gasteiger charge is 2.38. The molecule has 0 radical (unpaired) electrons. The van der Waals surface area contributed by atoms with Gasteiger partial charge < -0.3 is 9.32 Å². The first-order chi connectivity index (χ1) is 15.3. The van der Waals surface area contributed by atoms with Crippen LogP contribution in [0, 0.1) is 6.92 Å². The topological polar surface area (TPSA) is 62.5 Å². The molecular formula is C22H21F3N4O2S. The molecule has 1 aliphatic heterocycles. The second-order valence-electron chi connectivity index (χ2n) is 7.36. The number of alkyl halides is 3. The zero-order chi connectivity index (χ0) is 22.7. The number of carbonyl (C=O) groups is 1. The summed E-state index contributed by atoms with van der Waals surface area (Å²) in [5, 5.41) is 6.54. The van der Waals surface area contributed by atoms with E-state index in [1.807, 2.05) is 47.9 Å². The first-order valence-electron chi connectivity index (χ1n) is 10.0. The highest BCUT2D eigenvalue weighted by molar-refractivity contribution is 7.99. The average Bonchev–Trinajstić information content (AvgIpc) is 3.30. The van der Waals surface area contributed by atoms with Gasteiger partial charge in [-0.05, 0) is 36.2 Å². The number of halogens is 3. The SMILES string of the molecule is Cc1ccccc1N(Cc1ccc(-c2nnc(C(F)(F)F)o2)cc1)C(=O)N1CCSCC1.